The van der Waals surface area contributed by atoms with Gasteiger partial charge in [-0.1, -0.05) is 45.9 Å². The van der Waals surface area contributed by atoms with Crippen LogP contribution in [-0.2, 0) is 10.9 Å². The molecule has 4 rings (SSSR count). The maximum absolute atomic E-state index is 12.6. The summed E-state index contributed by atoms with van der Waals surface area (Å²) in [6, 6.07) is 14.8. The maximum atomic E-state index is 12.6. The topological polar surface area (TPSA) is 67.9 Å². The average molecular weight is 627 g/mol. The van der Waals surface area contributed by atoms with Crippen LogP contribution < -0.4 is 20.5 Å². The molecule has 0 saturated carbocycles. The lowest BCUT2D eigenvalue weighted by molar-refractivity contribution is -0.137. The van der Waals surface area contributed by atoms with Crippen molar-refractivity contribution in [3.8, 4) is 11.5 Å². The van der Waals surface area contributed by atoms with Gasteiger partial charge in [-0.25, -0.2) is 0 Å². The van der Waals surface area contributed by atoms with Gasteiger partial charge in [-0.2, -0.15) is 13.2 Å². The lowest BCUT2D eigenvalue weighted by Gasteiger charge is -2.16. The Hall–Kier alpha value is -4.11. The van der Waals surface area contributed by atoms with Crippen molar-refractivity contribution in [1.29, 1.82) is 0 Å². The minimum atomic E-state index is -4.37. The number of halogens is 3. The zero-order valence-electron chi connectivity index (χ0n) is 27.1. The van der Waals surface area contributed by atoms with Crippen LogP contribution in [0, 0.1) is 12.8 Å². The lowest BCUT2D eigenvalue weighted by atomic mass is 10.0. The molecule has 45 heavy (non-hydrogen) atoms. The Morgan fingerprint density at radius 2 is 1.62 bits per heavy atom. The smallest absolute Gasteiger partial charge is 0.416 e. The van der Waals surface area contributed by atoms with Crippen LogP contribution in [0.2, 0.25) is 0 Å². The molecule has 1 fully saturated rings. The third-order valence-electron chi connectivity index (χ3n) is 7.40. The Morgan fingerprint density at radius 1 is 1.02 bits per heavy atom. The van der Waals surface area contributed by atoms with E-state index in [4.69, 9.17) is 9.47 Å². The van der Waals surface area contributed by atoms with Gasteiger partial charge >= 0.3 is 6.18 Å². The minimum absolute atomic E-state index is 0.00188. The molecule has 1 heterocycles. The van der Waals surface area contributed by atoms with Crippen molar-refractivity contribution < 1.29 is 32.2 Å². The van der Waals surface area contributed by atoms with Crippen molar-refractivity contribution in [2.75, 3.05) is 33.4 Å². The fourth-order valence-electron chi connectivity index (χ4n) is 4.84. The van der Waals surface area contributed by atoms with E-state index in [-0.39, 0.29) is 11.8 Å². The highest BCUT2D eigenvalue weighted by Gasteiger charge is 2.30. The molecule has 0 bridgehead atoms. The molecule has 3 aromatic carbocycles. The second kappa shape index (κ2) is 18.0. The van der Waals surface area contributed by atoms with Crippen molar-refractivity contribution in [3.05, 3.63) is 93.4 Å². The Bertz CT molecular complexity index is 1490. The summed E-state index contributed by atoms with van der Waals surface area (Å²) < 4.78 is 48.1. The van der Waals surface area contributed by atoms with Gasteiger partial charge in [0.2, 0.25) is 0 Å². The predicted molar refractivity (Wildman–Crippen MR) is 174 cm³/mol. The van der Waals surface area contributed by atoms with E-state index in [1.807, 2.05) is 50.8 Å². The normalized spacial score (nSPS) is 14.6. The van der Waals surface area contributed by atoms with Gasteiger partial charge in [0.05, 0.1) is 12.2 Å². The molecular formula is C36H45F3N2O4. The summed E-state index contributed by atoms with van der Waals surface area (Å²) in [5, 5.41) is 4.79. The fraction of sp³-hybridized carbons (Fsp3) is 0.389. The monoisotopic (exact) mass is 626 g/mol. The summed E-state index contributed by atoms with van der Waals surface area (Å²) in [5.74, 6) is 1.28. The molecule has 1 aliphatic heterocycles. The van der Waals surface area contributed by atoms with Gasteiger partial charge in [0, 0.05) is 37.9 Å². The van der Waals surface area contributed by atoms with Crippen LogP contribution in [0.3, 0.4) is 0 Å². The number of hydrogen-bond donors (Lipinski definition) is 1. The number of ether oxygens (including phenoxy) is 2. The van der Waals surface area contributed by atoms with Crippen molar-refractivity contribution in [3.63, 3.8) is 0 Å². The number of rotatable bonds is 8. The number of carbonyl (C=O) groups is 2. The Balaban J connectivity index is 0.000000323. The largest absolute Gasteiger partial charge is 0.457 e. The van der Waals surface area contributed by atoms with Crippen LogP contribution in [0.25, 0.3) is 12.7 Å². The number of hydrogen-bond acceptors (Lipinski definition) is 4. The molecule has 244 valence electrons. The van der Waals surface area contributed by atoms with Crippen molar-refractivity contribution in [2.45, 2.75) is 53.6 Å². The summed E-state index contributed by atoms with van der Waals surface area (Å²) in [6.45, 7) is 16.6. The second-order valence-corrected chi connectivity index (χ2v) is 10.3. The van der Waals surface area contributed by atoms with Crippen LogP contribution in [0.5, 0.6) is 11.5 Å². The molecule has 0 spiro atoms. The van der Waals surface area contributed by atoms with Gasteiger partial charge < -0.3 is 19.7 Å². The van der Waals surface area contributed by atoms with Crippen LogP contribution >= 0.6 is 0 Å². The van der Waals surface area contributed by atoms with Crippen LogP contribution in [0.1, 0.15) is 72.4 Å². The minimum Gasteiger partial charge on any atom is -0.457 e. The summed E-state index contributed by atoms with van der Waals surface area (Å²) in [6.07, 6.45) is -0.280. The molecule has 9 heteroatoms. The summed E-state index contributed by atoms with van der Waals surface area (Å²) in [4.78, 5) is 26.3. The third-order valence-corrected chi connectivity index (χ3v) is 7.40. The number of nitrogens with one attached hydrogen (secondary N) is 1. The van der Waals surface area contributed by atoms with E-state index >= 15 is 0 Å². The average Bonchev–Trinajstić information content (AvgIpc) is 3.52. The Morgan fingerprint density at radius 3 is 2.13 bits per heavy atom. The molecule has 1 unspecified atom stereocenters. The van der Waals surface area contributed by atoms with E-state index in [9.17, 15) is 22.8 Å². The fourth-order valence-corrected chi connectivity index (χ4v) is 4.84. The molecule has 0 aliphatic carbocycles. The summed E-state index contributed by atoms with van der Waals surface area (Å²) in [7, 11) is 1.61. The van der Waals surface area contributed by atoms with Gasteiger partial charge in [0.25, 0.3) is 11.8 Å². The zero-order chi connectivity index (χ0) is 33.6. The number of likely N-dealkylation sites (tertiary alicyclic amines) is 1. The highest BCUT2D eigenvalue weighted by Crippen LogP contribution is 2.31. The third kappa shape index (κ3) is 10.8. The maximum Gasteiger partial charge on any atom is 0.416 e. The lowest BCUT2D eigenvalue weighted by Crippen LogP contribution is -2.33. The first kappa shape index (κ1) is 37.1. The molecule has 0 aromatic heterocycles. The standard InChI is InChI=1S/C20H20F3NO2.C14H19NO2.C2H6/c1-2-14-11-12-24(13-14)19(25)15-3-7-17(8-4-15)26-18-9-5-16(6-10-18)20(21,22)23;1-5-12-10(2)6-7-13(11(12)3)14(16)15-8-9-17-4;1-2/h3-10,14H,2,11-13H2,1H3;5-7H,2,8-9H2,1,3-4H3,(H,15,16);1-2H3/b;12-5+;. The van der Waals surface area contributed by atoms with Gasteiger partial charge in [0.1, 0.15) is 11.5 Å². The van der Waals surface area contributed by atoms with Crippen molar-refractivity contribution in [1.82, 2.24) is 10.2 Å². The summed E-state index contributed by atoms with van der Waals surface area (Å²) in [5.41, 5.74) is 1.53. The number of carbonyl (C=O) groups excluding carboxylic acids is 2. The molecule has 1 saturated heterocycles. The quantitative estimate of drug-likeness (QED) is 0.274. The van der Waals surface area contributed by atoms with E-state index < -0.39 is 11.7 Å². The highest BCUT2D eigenvalue weighted by atomic mass is 19.4. The van der Waals surface area contributed by atoms with E-state index in [2.05, 4.69) is 18.8 Å². The zero-order valence-corrected chi connectivity index (χ0v) is 27.1. The molecule has 1 atom stereocenters. The first-order valence-electron chi connectivity index (χ1n) is 15.2. The molecule has 2 amide bonds. The van der Waals surface area contributed by atoms with E-state index in [0.29, 0.717) is 41.7 Å². The van der Waals surface area contributed by atoms with Crippen molar-refractivity contribution >= 4 is 24.5 Å². The predicted octanol–water partition coefficient (Wildman–Crippen LogP) is 6.98. The second-order valence-electron chi connectivity index (χ2n) is 10.3. The SMILES string of the molecule is C=c1ccc(C(=O)NCCOC)c(C)/c1=C/C.CC.CCC1CCN(C(=O)c2ccc(Oc3ccc(C(F)(F)F)cc3)cc2)C1. The van der Waals surface area contributed by atoms with E-state index in [0.717, 1.165) is 54.1 Å². The van der Waals surface area contributed by atoms with Crippen molar-refractivity contribution in [2.24, 2.45) is 5.92 Å². The van der Waals surface area contributed by atoms with Gasteiger partial charge in [-0.05, 0) is 96.8 Å². The number of benzene rings is 3. The number of alkyl halides is 3. The Kier molecular flexibility index (Phi) is 14.8. The molecule has 6 nitrogen and oxygen atoms in total. The van der Waals surface area contributed by atoms with Gasteiger partial charge in [-0.3, -0.25) is 9.59 Å². The van der Waals surface area contributed by atoms with Gasteiger partial charge in [-0.15, -0.1) is 0 Å². The first-order chi connectivity index (χ1) is 21.5. The Labute approximate surface area is 264 Å². The molecule has 3 aromatic rings. The highest BCUT2D eigenvalue weighted by molar-refractivity contribution is 5.95. The van der Waals surface area contributed by atoms with Gasteiger partial charge in [0.15, 0.2) is 0 Å². The number of amides is 2. The van der Waals surface area contributed by atoms with E-state index in [1.165, 1.54) is 12.1 Å². The molecular weight excluding hydrogens is 581 g/mol. The van der Waals surface area contributed by atoms with Crippen LogP contribution in [-0.4, -0.2) is 50.1 Å². The number of methoxy groups -OCH3 is 1. The van der Waals surface area contributed by atoms with Crippen LogP contribution in [0.15, 0.2) is 60.7 Å². The molecule has 1 N–H and O–H groups in total. The van der Waals surface area contributed by atoms with Crippen LogP contribution in [0.4, 0.5) is 13.2 Å². The molecule has 0 radical (unpaired) electrons. The molecule has 1 aliphatic rings. The van der Waals surface area contributed by atoms with E-state index in [1.54, 1.807) is 31.4 Å². The summed E-state index contributed by atoms with van der Waals surface area (Å²) >= 11 is 0. The number of nitrogens with zero attached hydrogens (tertiary/aromatic N) is 1. The first-order valence-corrected chi connectivity index (χ1v) is 15.2.